The van der Waals surface area contributed by atoms with Gasteiger partial charge in [0.2, 0.25) is 5.91 Å². The highest BCUT2D eigenvalue weighted by molar-refractivity contribution is 5.88. The quantitative estimate of drug-likeness (QED) is 0.756. The van der Waals surface area contributed by atoms with E-state index in [0.29, 0.717) is 13.1 Å². The van der Waals surface area contributed by atoms with Gasteiger partial charge < -0.3 is 21.1 Å². The van der Waals surface area contributed by atoms with Crippen molar-refractivity contribution in [3.05, 3.63) is 34.9 Å². The van der Waals surface area contributed by atoms with Crippen molar-refractivity contribution in [3.8, 4) is 0 Å². The van der Waals surface area contributed by atoms with Crippen LogP contribution < -0.4 is 11.1 Å². The molecule has 0 spiro atoms. The fraction of sp³-hybridized carbons (Fsp3) is 0.357. The molecule has 1 unspecified atom stereocenters. The summed E-state index contributed by atoms with van der Waals surface area (Å²) in [6.07, 6.45) is 0.0791. The molecule has 0 fully saturated rings. The Kier molecular flexibility index (Phi) is 4.11. The van der Waals surface area contributed by atoms with Gasteiger partial charge in [0.05, 0.1) is 5.56 Å². The number of amides is 3. The lowest BCUT2D eigenvalue weighted by molar-refractivity contribution is -0.118. The Morgan fingerprint density at radius 1 is 1.33 bits per heavy atom. The molecule has 0 saturated carbocycles. The zero-order valence-corrected chi connectivity index (χ0v) is 11.6. The van der Waals surface area contributed by atoms with Gasteiger partial charge in [-0.3, -0.25) is 4.79 Å². The Morgan fingerprint density at radius 2 is 2.00 bits per heavy atom. The van der Waals surface area contributed by atoms with Crippen LogP contribution in [-0.4, -0.2) is 34.0 Å². The lowest BCUT2D eigenvalue weighted by Gasteiger charge is -2.19. The maximum Gasteiger partial charge on any atom is 0.335 e. The molecule has 1 atom stereocenters. The number of carboxylic acid groups (broad SMARTS) is 1. The van der Waals surface area contributed by atoms with Gasteiger partial charge in [0.25, 0.3) is 0 Å². The van der Waals surface area contributed by atoms with E-state index in [2.05, 4.69) is 5.32 Å². The number of carbonyl (C=O) groups excluding carboxylic acids is 2. The molecule has 1 aliphatic rings. The van der Waals surface area contributed by atoms with E-state index in [-0.39, 0.29) is 24.1 Å². The second kappa shape index (κ2) is 5.82. The molecule has 2 rings (SSSR count). The van der Waals surface area contributed by atoms with Gasteiger partial charge >= 0.3 is 12.0 Å². The molecule has 1 heterocycles. The average Bonchev–Trinajstić information content (AvgIpc) is 2.80. The summed E-state index contributed by atoms with van der Waals surface area (Å²) < 4.78 is 0. The number of fused-ring (bicyclic) bond motifs is 1. The maximum absolute atomic E-state index is 12.1. The normalized spacial score (nSPS) is 14.4. The minimum Gasteiger partial charge on any atom is -0.478 e. The van der Waals surface area contributed by atoms with Crippen LogP contribution in [0, 0.1) is 0 Å². The molecule has 3 amide bonds. The van der Waals surface area contributed by atoms with E-state index in [4.69, 9.17) is 10.8 Å². The van der Waals surface area contributed by atoms with Crippen molar-refractivity contribution < 1.29 is 19.5 Å². The number of aromatic carboxylic acids is 1. The number of nitrogens with zero attached hydrogens (tertiary/aromatic N) is 1. The smallest absolute Gasteiger partial charge is 0.335 e. The van der Waals surface area contributed by atoms with E-state index in [1.807, 2.05) is 0 Å². The van der Waals surface area contributed by atoms with Crippen molar-refractivity contribution in [1.82, 2.24) is 10.2 Å². The number of hydrogen-bond donors (Lipinski definition) is 3. The van der Waals surface area contributed by atoms with Gasteiger partial charge in [-0.15, -0.1) is 0 Å². The fourth-order valence-corrected chi connectivity index (χ4v) is 2.33. The van der Waals surface area contributed by atoms with Gasteiger partial charge in [0, 0.05) is 25.6 Å². The molecule has 0 radical (unpaired) electrons. The minimum atomic E-state index is -0.990. The van der Waals surface area contributed by atoms with Crippen LogP contribution in [0.5, 0.6) is 0 Å². The predicted molar refractivity (Wildman–Crippen MR) is 74.5 cm³/mol. The van der Waals surface area contributed by atoms with Crippen molar-refractivity contribution in [2.45, 2.75) is 32.5 Å². The largest absolute Gasteiger partial charge is 0.478 e. The van der Waals surface area contributed by atoms with Crippen LogP contribution >= 0.6 is 0 Å². The van der Waals surface area contributed by atoms with Crippen molar-refractivity contribution in [3.63, 3.8) is 0 Å². The van der Waals surface area contributed by atoms with E-state index in [9.17, 15) is 14.4 Å². The SMILES string of the molecule is CC(CC(N)=O)NC(=O)N1Cc2ccc(C(=O)O)cc2C1. The van der Waals surface area contributed by atoms with Crippen LogP contribution in [-0.2, 0) is 17.9 Å². The highest BCUT2D eigenvalue weighted by Gasteiger charge is 2.25. The van der Waals surface area contributed by atoms with Gasteiger partial charge in [-0.25, -0.2) is 9.59 Å². The highest BCUT2D eigenvalue weighted by Crippen LogP contribution is 2.24. The summed E-state index contributed by atoms with van der Waals surface area (Å²) in [6, 6.07) is 4.19. The van der Waals surface area contributed by atoms with Gasteiger partial charge in [0.1, 0.15) is 0 Å². The Hall–Kier alpha value is -2.57. The molecule has 0 aromatic heterocycles. The molecule has 112 valence electrons. The molecular formula is C14H17N3O4. The Balaban J connectivity index is 2.00. The predicted octanol–water partition coefficient (Wildman–Crippen LogP) is 0.674. The van der Waals surface area contributed by atoms with Gasteiger partial charge in [0.15, 0.2) is 0 Å². The third-order valence-corrected chi connectivity index (χ3v) is 3.34. The van der Waals surface area contributed by atoms with Gasteiger partial charge in [-0.2, -0.15) is 0 Å². The van der Waals surface area contributed by atoms with E-state index in [1.165, 1.54) is 6.07 Å². The number of urea groups is 1. The number of rotatable bonds is 4. The van der Waals surface area contributed by atoms with E-state index >= 15 is 0 Å². The summed E-state index contributed by atoms with van der Waals surface area (Å²) in [4.78, 5) is 35.4. The molecule has 7 heteroatoms. The van der Waals surface area contributed by atoms with Gasteiger partial charge in [-0.05, 0) is 30.2 Å². The molecule has 7 nitrogen and oxygen atoms in total. The standard InChI is InChI=1S/C14H17N3O4/c1-8(4-12(15)18)16-14(21)17-6-10-3-2-9(13(19)20)5-11(10)7-17/h2-3,5,8H,4,6-7H2,1H3,(H2,15,18)(H,16,21)(H,19,20). The van der Waals surface area contributed by atoms with E-state index in [1.54, 1.807) is 24.0 Å². The number of nitrogens with two attached hydrogens (primary N) is 1. The molecule has 0 aliphatic carbocycles. The van der Waals surface area contributed by atoms with Crippen LogP contribution in [0.3, 0.4) is 0 Å². The van der Waals surface area contributed by atoms with Crippen LogP contribution in [0.1, 0.15) is 34.8 Å². The minimum absolute atomic E-state index is 0.0791. The van der Waals surface area contributed by atoms with Crippen LogP contribution in [0.2, 0.25) is 0 Å². The van der Waals surface area contributed by atoms with Crippen LogP contribution in [0.15, 0.2) is 18.2 Å². The molecule has 4 N–H and O–H groups in total. The first-order chi connectivity index (χ1) is 9.86. The van der Waals surface area contributed by atoms with Crippen molar-refractivity contribution in [1.29, 1.82) is 0 Å². The topological polar surface area (TPSA) is 113 Å². The summed E-state index contributed by atoms with van der Waals surface area (Å²) >= 11 is 0. The van der Waals surface area contributed by atoms with Crippen LogP contribution in [0.4, 0.5) is 4.79 Å². The third kappa shape index (κ3) is 3.50. The summed E-state index contributed by atoms with van der Waals surface area (Å²) in [6.45, 7) is 2.48. The number of carboxylic acids is 1. The molecule has 1 aliphatic heterocycles. The van der Waals surface area contributed by atoms with Gasteiger partial charge in [-0.1, -0.05) is 6.07 Å². The second-order valence-electron chi connectivity index (χ2n) is 5.17. The zero-order valence-electron chi connectivity index (χ0n) is 11.6. The molecule has 1 aromatic rings. The first kappa shape index (κ1) is 14.8. The van der Waals surface area contributed by atoms with Crippen molar-refractivity contribution in [2.24, 2.45) is 5.73 Å². The monoisotopic (exact) mass is 291 g/mol. The van der Waals surface area contributed by atoms with E-state index < -0.39 is 11.9 Å². The Morgan fingerprint density at radius 3 is 2.62 bits per heavy atom. The Labute approximate surface area is 121 Å². The Bertz CT molecular complexity index is 600. The molecule has 1 aromatic carbocycles. The molecule has 0 saturated heterocycles. The first-order valence-electron chi connectivity index (χ1n) is 6.55. The molecule has 0 bridgehead atoms. The summed E-state index contributed by atoms with van der Waals surface area (Å²) in [7, 11) is 0. The van der Waals surface area contributed by atoms with Crippen LogP contribution in [0.25, 0.3) is 0 Å². The number of nitrogens with one attached hydrogen (secondary N) is 1. The lowest BCUT2D eigenvalue weighted by Crippen LogP contribution is -2.42. The summed E-state index contributed by atoms with van der Waals surface area (Å²) in [5, 5.41) is 11.7. The van der Waals surface area contributed by atoms with Crippen molar-refractivity contribution >= 4 is 17.9 Å². The van der Waals surface area contributed by atoms with Crippen molar-refractivity contribution in [2.75, 3.05) is 0 Å². The lowest BCUT2D eigenvalue weighted by atomic mass is 10.1. The second-order valence-corrected chi connectivity index (χ2v) is 5.17. The number of carbonyl (C=O) groups is 3. The highest BCUT2D eigenvalue weighted by atomic mass is 16.4. The fourth-order valence-electron chi connectivity index (χ4n) is 2.33. The molecule has 21 heavy (non-hydrogen) atoms. The zero-order chi connectivity index (χ0) is 15.6. The average molecular weight is 291 g/mol. The molecular weight excluding hydrogens is 274 g/mol. The summed E-state index contributed by atoms with van der Waals surface area (Å²) in [5.41, 5.74) is 7.04. The first-order valence-corrected chi connectivity index (χ1v) is 6.55. The number of benzene rings is 1. The summed E-state index contributed by atoms with van der Waals surface area (Å²) in [5.74, 6) is -1.46. The third-order valence-electron chi connectivity index (χ3n) is 3.34. The number of hydrogen-bond acceptors (Lipinski definition) is 3. The number of primary amides is 1. The van der Waals surface area contributed by atoms with E-state index in [0.717, 1.165) is 11.1 Å². The maximum atomic E-state index is 12.1.